The predicted molar refractivity (Wildman–Crippen MR) is 67.6 cm³/mol. The Morgan fingerprint density at radius 3 is 2.76 bits per heavy atom. The molecule has 0 aliphatic carbocycles. The SMILES string of the molecule is CC(C)Oc1ccc(C2=CCNCC2)c(F)c1. The molecule has 2 nitrogen and oxygen atoms in total. The standard InChI is InChI=1S/C14H18FNO/c1-10(2)17-12-3-4-13(14(15)9-12)11-5-7-16-8-6-11/h3-5,9-10,16H,6-8H2,1-2H3. The summed E-state index contributed by atoms with van der Waals surface area (Å²) in [6.07, 6.45) is 2.99. The van der Waals surface area contributed by atoms with E-state index in [1.165, 1.54) is 6.07 Å². The van der Waals surface area contributed by atoms with Crippen LogP contribution in [0.15, 0.2) is 24.3 Å². The maximum absolute atomic E-state index is 13.9. The first-order valence-electron chi connectivity index (χ1n) is 6.03. The molecule has 1 aromatic carbocycles. The largest absolute Gasteiger partial charge is 0.491 e. The van der Waals surface area contributed by atoms with E-state index >= 15 is 0 Å². The third-order valence-corrected chi connectivity index (χ3v) is 2.72. The van der Waals surface area contributed by atoms with E-state index in [-0.39, 0.29) is 11.9 Å². The molecule has 17 heavy (non-hydrogen) atoms. The van der Waals surface area contributed by atoms with Crippen LogP contribution in [0.25, 0.3) is 5.57 Å². The number of hydrogen-bond acceptors (Lipinski definition) is 2. The summed E-state index contributed by atoms with van der Waals surface area (Å²) < 4.78 is 19.4. The van der Waals surface area contributed by atoms with E-state index < -0.39 is 0 Å². The summed E-state index contributed by atoms with van der Waals surface area (Å²) in [4.78, 5) is 0. The van der Waals surface area contributed by atoms with Gasteiger partial charge in [0.05, 0.1) is 6.10 Å². The molecular weight excluding hydrogens is 217 g/mol. The molecule has 1 heterocycles. The fourth-order valence-corrected chi connectivity index (χ4v) is 1.97. The van der Waals surface area contributed by atoms with Crippen LogP contribution in [-0.4, -0.2) is 19.2 Å². The molecule has 1 aliphatic rings. The monoisotopic (exact) mass is 235 g/mol. The van der Waals surface area contributed by atoms with Crippen LogP contribution < -0.4 is 10.1 Å². The van der Waals surface area contributed by atoms with Crippen LogP contribution in [0.4, 0.5) is 4.39 Å². The van der Waals surface area contributed by atoms with Crippen molar-refractivity contribution in [2.75, 3.05) is 13.1 Å². The lowest BCUT2D eigenvalue weighted by Crippen LogP contribution is -2.20. The fourth-order valence-electron chi connectivity index (χ4n) is 1.97. The second-order valence-electron chi connectivity index (χ2n) is 4.49. The van der Waals surface area contributed by atoms with Gasteiger partial charge in [0.25, 0.3) is 0 Å². The van der Waals surface area contributed by atoms with Gasteiger partial charge < -0.3 is 10.1 Å². The van der Waals surface area contributed by atoms with Crippen LogP contribution in [0.2, 0.25) is 0 Å². The number of hydrogen-bond donors (Lipinski definition) is 1. The molecule has 0 bridgehead atoms. The zero-order chi connectivity index (χ0) is 12.3. The lowest BCUT2D eigenvalue weighted by Gasteiger charge is -2.16. The van der Waals surface area contributed by atoms with Crippen molar-refractivity contribution in [1.29, 1.82) is 0 Å². The van der Waals surface area contributed by atoms with Crippen molar-refractivity contribution in [2.24, 2.45) is 0 Å². The minimum Gasteiger partial charge on any atom is -0.491 e. The average Bonchev–Trinajstić information content (AvgIpc) is 2.29. The molecule has 0 unspecified atom stereocenters. The highest BCUT2D eigenvalue weighted by atomic mass is 19.1. The first-order valence-corrected chi connectivity index (χ1v) is 6.03. The van der Waals surface area contributed by atoms with E-state index in [2.05, 4.69) is 5.32 Å². The van der Waals surface area contributed by atoms with E-state index in [9.17, 15) is 4.39 Å². The lowest BCUT2D eigenvalue weighted by molar-refractivity contribution is 0.241. The van der Waals surface area contributed by atoms with Gasteiger partial charge in [-0.2, -0.15) is 0 Å². The van der Waals surface area contributed by atoms with Gasteiger partial charge in [-0.05, 0) is 44.5 Å². The van der Waals surface area contributed by atoms with Gasteiger partial charge in [-0.1, -0.05) is 6.08 Å². The second kappa shape index (κ2) is 5.32. The van der Waals surface area contributed by atoms with E-state index in [0.717, 1.165) is 25.1 Å². The summed E-state index contributed by atoms with van der Waals surface area (Å²) in [5, 5.41) is 3.22. The summed E-state index contributed by atoms with van der Waals surface area (Å²) >= 11 is 0. The van der Waals surface area contributed by atoms with E-state index in [4.69, 9.17) is 4.74 Å². The Morgan fingerprint density at radius 2 is 2.18 bits per heavy atom. The van der Waals surface area contributed by atoms with Crippen LogP contribution in [0.1, 0.15) is 25.8 Å². The van der Waals surface area contributed by atoms with Crippen molar-refractivity contribution in [3.63, 3.8) is 0 Å². The quantitative estimate of drug-likeness (QED) is 0.869. The van der Waals surface area contributed by atoms with Crippen molar-refractivity contribution in [2.45, 2.75) is 26.4 Å². The first-order chi connectivity index (χ1) is 8.16. The third kappa shape index (κ3) is 3.07. The Hall–Kier alpha value is -1.35. The summed E-state index contributed by atoms with van der Waals surface area (Å²) in [7, 11) is 0. The highest BCUT2D eigenvalue weighted by molar-refractivity contribution is 5.67. The normalized spacial score (nSPS) is 15.9. The van der Waals surface area contributed by atoms with Crippen molar-refractivity contribution < 1.29 is 9.13 Å². The molecule has 0 radical (unpaired) electrons. The van der Waals surface area contributed by atoms with E-state index in [1.807, 2.05) is 32.1 Å². The maximum Gasteiger partial charge on any atom is 0.134 e. The molecule has 0 atom stereocenters. The molecule has 1 aromatic rings. The van der Waals surface area contributed by atoms with Crippen LogP contribution in [0, 0.1) is 5.82 Å². The highest BCUT2D eigenvalue weighted by Gasteiger charge is 2.11. The molecule has 0 saturated carbocycles. The van der Waals surface area contributed by atoms with Gasteiger partial charge in [-0.3, -0.25) is 0 Å². The molecule has 3 heteroatoms. The summed E-state index contributed by atoms with van der Waals surface area (Å²) in [5.74, 6) is 0.395. The molecule has 1 N–H and O–H groups in total. The molecule has 0 amide bonds. The number of nitrogens with one attached hydrogen (secondary N) is 1. The minimum atomic E-state index is -0.198. The average molecular weight is 235 g/mol. The van der Waals surface area contributed by atoms with E-state index in [0.29, 0.717) is 11.3 Å². The third-order valence-electron chi connectivity index (χ3n) is 2.72. The van der Waals surface area contributed by atoms with Crippen LogP contribution in [0.5, 0.6) is 5.75 Å². The van der Waals surface area contributed by atoms with Crippen molar-refractivity contribution in [3.8, 4) is 5.75 Å². The molecule has 2 rings (SSSR count). The smallest absolute Gasteiger partial charge is 0.134 e. The first kappa shape index (κ1) is 12.1. The van der Waals surface area contributed by atoms with Gasteiger partial charge in [0, 0.05) is 18.2 Å². The number of rotatable bonds is 3. The van der Waals surface area contributed by atoms with Gasteiger partial charge in [-0.15, -0.1) is 0 Å². The summed E-state index contributed by atoms with van der Waals surface area (Å²) in [5.41, 5.74) is 1.78. The Bertz CT molecular complexity index is 426. The molecule has 1 aliphatic heterocycles. The zero-order valence-corrected chi connectivity index (χ0v) is 10.3. The topological polar surface area (TPSA) is 21.3 Å². The number of benzene rings is 1. The Balaban J connectivity index is 2.22. The highest BCUT2D eigenvalue weighted by Crippen LogP contribution is 2.26. The predicted octanol–water partition coefficient (Wildman–Crippen LogP) is 2.99. The molecular formula is C14H18FNO. The zero-order valence-electron chi connectivity index (χ0n) is 10.3. The summed E-state index contributed by atoms with van der Waals surface area (Å²) in [6.45, 7) is 5.59. The molecule has 0 fully saturated rings. The molecule has 0 spiro atoms. The summed E-state index contributed by atoms with van der Waals surface area (Å²) in [6, 6.07) is 5.11. The van der Waals surface area contributed by atoms with Gasteiger partial charge in [-0.25, -0.2) is 4.39 Å². The molecule has 0 saturated heterocycles. The fraction of sp³-hybridized carbons (Fsp3) is 0.429. The minimum absolute atomic E-state index is 0.0679. The number of ether oxygens (including phenoxy) is 1. The van der Waals surface area contributed by atoms with Crippen molar-refractivity contribution in [3.05, 3.63) is 35.7 Å². The Morgan fingerprint density at radius 1 is 1.35 bits per heavy atom. The van der Waals surface area contributed by atoms with Gasteiger partial charge in [0.2, 0.25) is 0 Å². The Labute approximate surface area is 101 Å². The second-order valence-corrected chi connectivity index (χ2v) is 4.49. The van der Waals surface area contributed by atoms with Crippen molar-refractivity contribution in [1.82, 2.24) is 5.32 Å². The van der Waals surface area contributed by atoms with Gasteiger partial charge >= 0.3 is 0 Å². The molecule has 92 valence electrons. The van der Waals surface area contributed by atoms with Crippen LogP contribution in [-0.2, 0) is 0 Å². The van der Waals surface area contributed by atoms with Crippen LogP contribution in [0.3, 0.4) is 0 Å². The molecule has 0 aromatic heterocycles. The van der Waals surface area contributed by atoms with Crippen molar-refractivity contribution >= 4 is 5.57 Å². The Kier molecular flexibility index (Phi) is 3.79. The van der Waals surface area contributed by atoms with Gasteiger partial charge in [0.15, 0.2) is 0 Å². The lowest BCUT2D eigenvalue weighted by atomic mass is 10.00. The van der Waals surface area contributed by atoms with Crippen LogP contribution >= 0.6 is 0 Å². The van der Waals surface area contributed by atoms with E-state index in [1.54, 1.807) is 0 Å². The number of halogens is 1. The van der Waals surface area contributed by atoms with Gasteiger partial charge in [0.1, 0.15) is 11.6 Å². The maximum atomic E-state index is 13.9.